The van der Waals surface area contributed by atoms with Gasteiger partial charge in [0.2, 0.25) is 0 Å². The lowest BCUT2D eigenvalue weighted by Gasteiger charge is -2.05. The molecule has 1 heterocycles. The van der Waals surface area contributed by atoms with E-state index in [-0.39, 0.29) is 6.61 Å². The third-order valence-corrected chi connectivity index (χ3v) is 3.90. The Labute approximate surface area is 142 Å². The van der Waals surface area contributed by atoms with Crippen LogP contribution < -0.4 is 5.32 Å². The highest BCUT2D eigenvalue weighted by Crippen LogP contribution is 2.26. The first-order valence-electron chi connectivity index (χ1n) is 7.25. The summed E-state index contributed by atoms with van der Waals surface area (Å²) in [5.74, 6) is 0.692. The molecule has 5 heteroatoms. The van der Waals surface area contributed by atoms with Gasteiger partial charge < -0.3 is 14.5 Å². The molecule has 4 nitrogen and oxygen atoms in total. The van der Waals surface area contributed by atoms with E-state index in [1.54, 1.807) is 0 Å². The molecule has 0 unspecified atom stereocenters. The number of nitrogens with one attached hydrogen (secondary N) is 1. The Balaban J connectivity index is 1.57. The average Bonchev–Trinajstić information content (AvgIpc) is 2.95. The summed E-state index contributed by atoms with van der Waals surface area (Å²) in [5, 5.41) is 3.70. The van der Waals surface area contributed by atoms with Crippen molar-refractivity contribution < 1.29 is 13.9 Å². The smallest absolute Gasteiger partial charge is 0.407 e. The van der Waals surface area contributed by atoms with Crippen LogP contribution in [0.25, 0.3) is 11.0 Å². The second-order valence-corrected chi connectivity index (χ2v) is 6.18. The number of alkyl carbamates (subject to hydrolysis) is 1. The number of carbonyl (C=O) groups excluding carboxylic acids is 1. The number of halogens is 1. The van der Waals surface area contributed by atoms with Crippen LogP contribution in [0.5, 0.6) is 0 Å². The lowest BCUT2D eigenvalue weighted by atomic mass is 10.2. The van der Waals surface area contributed by atoms with E-state index >= 15 is 0 Å². The summed E-state index contributed by atoms with van der Waals surface area (Å²) in [7, 11) is 0. The van der Waals surface area contributed by atoms with Crippen molar-refractivity contribution in [3.63, 3.8) is 0 Å². The summed E-state index contributed by atoms with van der Waals surface area (Å²) in [4.78, 5) is 11.7. The maximum absolute atomic E-state index is 11.7. The van der Waals surface area contributed by atoms with E-state index in [1.807, 2.05) is 55.5 Å². The predicted molar refractivity (Wildman–Crippen MR) is 92.1 cm³/mol. The van der Waals surface area contributed by atoms with Crippen LogP contribution in [-0.4, -0.2) is 6.09 Å². The predicted octanol–water partition coefficient (Wildman–Crippen LogP) is 4.93. The number of furan rings is 1. The van der Waals surface area contributed by atoms with Gasteiger partial charge in [0.1, 0.15) is 18.0 Å². The van der Waals surface area contributed by atoms with Gasteiger partial charge in [-0.2, -0.15) is 0 Å². The van der Waals surface area contributed by atoms with Crippen LogP contribution in [0.2, 0.25) is 0 Å². The van der Waals surface area contributed by atoms with Gasteiger partial charge in [0, 0.05) is 9.86 Å². The monoisotopic (exact) mass is 373 g/mol. The van der Waals surface area contributed by atoms with Gasteiger partial charge in [-0.25, -0.2) is 4.79 Å². The van der Waals surface area contributed by atoms with Crippen molar-refractivity contribution in [2.45, 2.75) is 20.1 Å². The average molecular weight is 374 g/mol. The molecule has 0 saturated heterocycles. The van der Waals surface area contributed by atoms with Gasteiger partial charge in [-0.1, -0.05) is 46.3 Å². The van der Waals surface area contributed by atoms with Gasteiger partial charge in [0.05, 0.1) is 6.54 Å². The van der Waals surface area contributed by atoms with Gasteiger partial charge in [-0.15, -0.1) is 0 Å². The molecule has 0 aliphatic carbocycles. The Morgan fingerprint density at radius 2 is 2.00 bits per heavy atom. The van der Waals surface area contributed by atoms with Crippen molar-refractivity contribution >= 4 is 33.0 Å². The fraction of sp³-hybridized carbons (Fsp3) is 0.167. The number of amides is 1. The van der Waals surface area contributed by atoms with E-state index in [0.717, 1.165) is 26.6 Å². The minimum absolute atomic E-state index is 0.249. The van der Waals surface area contributed by atoms with Crippen LogP contribution in [0, 0.1) is 6.92 Å². The number of rotatable bonds is 4. The first kappa shape index (κ1) is 15.6. The summed E-state index contributed by atoms with van der Waals surface area (Å²) in [6.07, 6.45) is -0.466. The Morgan fingerprint density at radius 1 is 1.22 bits per heavy atom. The Kier molecular flexibility index (Phi) is 4.67. The van der Waals surface area contributed by atoms with Crippen LogP contribution in [0.4, 0.5) is 4.79 Å². The van der Waals surface area contributed by atoms with Crippen molar-refractivity contribution in [2.75, 3.05) is 0 Å². The molecule has 1 amide bonds. The first-order chi connectivity index (χ1) is 11.1. The molecular weight excluding hydrogens is 358 g/mol. The molecule has 0 aliphatic rings. The van der Waals surface area contributed by atoms with Gasteiger partial charge in [0.25, 0.3) is 0 Å². The highest BCUT2D eigenvalue weighted by atomic mass is 79.9. The molecule has 1 aromatic heterocycles. The van der Waals surface area contributed by atoms with Crippen LogP contribution in [0.15, 0.2) is 57.4 Å². The lowest BCUT2D eigenvalue weighted by molar-refractivity contribution is 0.138. The minimum atomic E-state index is -0.466. The van der Waals surface area contributed by atoms with Gasteiger partial charge in [0.15, 0.2) is 0 Å². The Morgan fingerprint density at radius 3 is 2.78 bits per heavy atom. The maximum atomic E-state index is 11.7. The molecule has 0 bridgehead atoms. The van der Waals surface area contributed by atoms with E-state index in [4.69, 9.17) is 9.15 Å². The van der Waals surface area contributed by atoms with Crippen LogP contribution in [0.1, 0.15) is 16.9 Å². The summed E-state index contributed by atoms with van der Waals surface area (Å²) < 4.78 is 11.9. The van der Waals surface area contributed by atoms with Crippen molar-refractivity contribution in [3.8, 4) is 0 Å². The first-order valence-corrected chi connectivity index (χ1v) is 8.04. The third-order valence-electron chi connectivity index (χ3n) is 3.44. The molecule has 3 aromatic rings. The summed E-state index contributed by atoms with van der Waals surface area (Å²) in [5.41, 5.74) is 2.83. The third kappa shape index (κ3) is 3.93. The van der Waals surface area contributed by atoms with Crippen LogP contribution in [-0.2, 0) is 17.9 Å². The summed E-state index contributed by atoms with van der Waals surface area (Å²) >= 11 is 3.47. The Hall–Kier alpha value is -2.27. The van der Waals surface area contributed by atoms with Crippen LogP contribution in [0.3, 0.4) is 0 Å². The SMILES string of the molecule is Cc1cc(Br)cc2cc(CNC(=O)OCc3ccccc3)oc12. The summed E-state index contributed by atoms with van der Waals surface area (Å²) in [6.45, 7) is 2.53. The van der Waals surface area contributed by atoms with Crippen molar-refractivity contribution in [1.82, 2.24) is 5.32 Å². The molecular formula is C18H16BrNO3. The zero-order valence-electron chi connectivity index (χ0n) is 12.6. The Bertz CT molecular complexity index is 827. The highest BCUT2D eigenvalue weighted by molar-refractivity contribution is 9.10. The number of hydrogen-bond donors (Lipinski definition) is 1. The van der Waals surface area contributed by atoms with Gasteiger partial charge in [-0.3, -0.25) is 0 Å². The molecule has 23 heavy (non-hydrogen) atoms. The van der Waals surface area contributed by atoms with E-state index in [1.165, 1.54) is 0 Å². The molecule has 2 aromatic carbocycles. The van der Waals surface area contributed by atoms with E-state index < -0.39 is 6.09 Å². The van der Waals surface area contributed by atoms with Crippen LogP contribution >= 0.6 is 15.9 Å². The molecule has 0 fully saturated rings. The quantitative estimate of drug-likeness (QED) is 0.705. The maximum Gasteiger partial charge on any atom is 0.407 e. The van der Waals surface area contributed by atoms with E-state index in [2.05, 4.69) is 21.2 Å². The number of ether oxygens (including phenoxy) is 1. The number of benzene rings is 2. The molecule has 118 valence electrons. The summed E-state index contributed by atoms with van der Waals surface area (Å²) in [6, 6.07) is 15.5. The molecule has 0 atom stereocenters. The topological polar surface area (TPSA) is 51.5 Å². The van der Waals surface area contributed by atoms with Crippen molar-refractivity contribution in [3.05, 3.63) is 69.9 Å². The molecule has 1 N–H and O–H groups in total. The zero-order chi connectivity index (χ0) is 16.2. The molecule has 3 rings (SSSR count). The van der Waals surface area contributed by atoms with Crippen molar-refractivity contribution in [2.24, 2.45) is 0 Å². The van der Waals surface area contributed by atoms with Gasteiger partial charge in [-0.05, 0) is 36.2 Å². The number of fused-ring (bicyclic) bond motifs is 1. The van der Waals surface area contributed by atoms with E-state index in [9.17, 15) is 4.79 Å². The second-order valence-electron chi connectivity index (χ2n) is 5.27. The second kappa shape index (κ2) is 6.87. The minimum Gasteiger partial charge on any atom is -0.459 e. The number of carbonyl (C=O) groups is 1. The molecule has 0 radical (unpaired) electrons. The molecule has 0 aliphatic heterocycles. The fourth-order valence-corrected chi connectivity index (χ4v) is 2.95. The molecule has 0 saturated carbocycles. The number of aryl methyl sites for hydroxylation is 1. The fourth-order valence-electron chi connectivity index (χ4n) is 2.36. The zero-order valence-corrected chi connectivity index (χ0v) is 14.2. The molecule has 0 spiro atoms. The van der Waals surface area contributed by atoms with Gasteiger partial charge >= 0.3 is 6.09 Å². The highest BCUT2D eigenvalue weighted by Gasteiger charge is 2.09. The lowest BCUT2D eigenvalue weighted by Crippen LogP contribution is -2.23. The standard InChI is InChI=1S/C18H16BrNO3/c1-12-7-15(19)8-14-9-16(23-17(12)14)10-20-18(21)22-11-13-5-3-2-4-6-13/h2-9H,10-11H2,1H3,(H,20,21). The van der Waals surface area contributed by atoms with Crippen molar-refractivity contribution in [1.29, 1.82) is 0 Å². The normalized spacial score (nSPS) is 10.7. The van der Waals surface area contributed by atoms with E-state index in [0.29, 0.717) is 12.3 Å². The number of hydrogen-bond acceptors (Lipinski definition) is 3. The largest absolute Gasteiger partial charge is 0.459 e.